The third-order valence-corrected chi connectivity index (χ3v) is 4.07. The summed E-state index contributed by atoms with van der Waals surface area (Å²) >= 11 is 0. The number of anilines is 1. The van der Waals surface area contributed by atoms with Gasteiger partial charge in [0.25, 0.3) is 5.78 Å². The van der Waals surface area contributed by atoms with Crippen LogP contribution in [-0.2, 0) is 4.79 Å². The topological polar surface area (TPSA) is 41.8 Å². The number of nitrogens with zero attached hydrogens (tertiary/aromatic N) is 1. The molecule has 0 unspecified atom stereocenters. The Morgan fingerprint density at radius 3 is 2.63 bits per heavy atom. The number of hydrogen-bond acceptors (Lipinski definition) is 2. The number of likely N-dealkylation sites (tertiary alicyclic amines) is 1. The molecular weight excluding hydrogens is 240 g/mol. The summed E-state index contributed by atoms with van der Waals surface area (Å²) in [5.41, 5.74) is 2.38. The lowest BCUT2D eigenvalue weighted by Gasteiger charge is -2.27. The molecule has 1 amide bonds. The van der Waals surface area contributed by atoms with Crippen LogP contribution in [-0.4, -0.2) is 31.4 Å². The highest BCUT2D eigenvalue weighted by Crippen LogP contribution is 2.28. The average molecular weight is 259 g/mol. The highest BCUT2D eigenvalue weighted by molar-refractivity contribution is 6.52. The van der Waals surface area contributed by atoms with Gasteiger partial charge in [-0.1, -0.05) is 11.6 Å². The number of Topliss-reactive ketones (excluding diaryl/α,β-unsaturated/α-hetero) is 1. The maximum atomic E-state index is 12.1. The molecule has 0 bridgehead atoms. The quantitative estimate of drug-likeness (QED) is 0.788. The van der Waals surface area contributed by atoms with Gasteiger partial charge < -0.3 is 4.90 Å². The number of carbonyl (C=O) groups is 2. The van der Waals surface area contributed by atoms with Gasteiger partial charge in [0.1, 0.15) is 0 Å². The number of carbonyl (C=O) groups excluding carboxylic acids is 2. The van der Waals surface area contributed by atoms with Gasteiger partial charge in [-0.05, 0) is 38.3 Å². The lowest BCUT2D eigenvalue weighted by atomic mass is 10.1. The molecule has 19 heavy (non-hydrogen) atoms. The minimum Gasteiger partial charge on any atom is -0.317 e. The molecule has 0 aliphatic carbocycles. The first-order valence-electron chi connectivity index (χ1n) is 6.97. The van der Waals surface area contributed by atoms with E-state index in [4.69, 9.17) is 0 Å². The second kappa shape index (κ2) is 4.78. The van der Waals surface area contributed by atoms with Crippen molar-refractivity contribution in [1.29, 1.82) is 0 Å². The molecule has 4 nitrogen and oxygen atoms in total. The predicted molar refractivity (Wildman–Crippen MR) is 72.4 cm³/mol. The third kappa shape index (κ3) is 2.16. The number of hydrogen-bond donors (Lipinski definition) is 1. The van der Waals surface area contributed by atoms with Crippen LogP contribution in [0.2, 0.25) is 0 Å². The molecular formula is C15H19N2O2+. The van der Waals surface area contributed by atoms with Crippen LogP contribution in [0.3, 0.4) is 0 Å². The number of rotatable bonds is 2. The molecule has 1 N–H and O–H groups in total. The summed E-state index contributed by atoms with van der Waals surface area (Å²) < 4.78 is 0. The van der Waals surface area contributed by atoms with Crippen molar-refractivity contribution >= 4 is 17.4 Å². The van der Waals surface area contributed by atoms with Crippen molar-refractivity contribution < 1.29 is 14.5 Å². The largest absolute Gasteiger partial charge is 0.317 e. The Morgan fingerprint density at radius 1 is 1.16 bits per heavy atom. The van der Waals surface area contributed by atoms with E-state index in [1.54, 1.807) is 4.90 Å². The van der Waals surface area contributed by atoms with Crippen molar-refractivity contribution in [2.45, 2.75) is 26.2 Å². The van der Waals surface area contributed by atoms with Gasteiger partial charge in [-0.25, -0.2) is 0 Å². The molecule has 1 saturated heterocycles. The van der Waals surface area contributed by atoms with Gasteiger partial charge in [0.15, 0.2) is 6.67 Å². The van der Waals surface area contributed by atoms with Crippen LogP contribution in [0.25, 0.3) is 0 Å². The van der Waals surface area contributed by atoms with E-state index in [0.29, 0.717) is 12.2 Å². The first-order valence-corrected chi connectivity index (χ1v) is 6.97. The summed E-state index contributed by atoms with van der Waals surface area (Å²) in [4.78, 5) is 27.2. The highest BCUT2D eigenvalue weighted by Gasteiger charge is 2.37. The van der Waals surface area contributed by atoms with Crippen LogP contribution in [0.15, 0.2) is 18.2 Å². The number of benzene rings is 1. The Bertz CT molecular complexity index is 533. The van der Waals surface area contributed by atoms with Gasteiger partial charge in [-0.15, -0.1) is 0 Å². The van der Waals surface area contributed by atoms with E-state index >= 15 is 0 Å². The summed E-state index contributed by atoms with van der Waals surface area (Å²) in [5, 5.41) is 0. The van der Waals surface area contributed by atoms with Crippen LogP contribution in [0.5, 0.6) is 0 Å². The average Bonchev–Trinajstić information content (AvgIpc) is 2.65. The first kappa shape index (κ1) is 12.4. The fraction of sp³-hybridized carbons (Fsp3) is 0.467. The summed E-state index contributed by atoms with van der Waals surface area (Å²) in [6.07, 6.45) is 3.71. The molecule has 1 fully saturated rings. The van der Waals surface area contributed by atoms with Gasteiger partial charge >= 0.3 is 5.91 Å². The number of aryl methyl sites for hydroxylation is 1. The van der Waals surface area contributed by atoms with Gasteiger partial charge in [0.05, 0.1) is 24.3 Å². The lowest BCUT2D eigenvalue weighted by Crippen LogP contribution is -3.14. The number of amides is 1. The SMILES string of the molecule is Cc1ccc2c(c1)C(=O)C(=O)N2C[NH+]1CCCCC1. The normalized spacial score (nSPS) is 19.9. The van der Waals surface area contributed by atoms with Gasteiger partial charge in [0.2, 0.25) is 0 Å². The maximum Gasteiger partial charge on any atom is 0.303 e. The number of ketones is 1. The fourth-order valence-corrected chi connectivity index (χ4v) is 3.00. The van der Waals surface area contributed by atoms with Crippen LogP contribution in [0.4, 0.5) is 5.69 Å². The number of piperidine rings is 1. The van der Waals surface area contributed by atoms with E-state index in [9.17, 15) is 9.59 Å². The molecule has 100 valence electrons. The zero-order valence-electron chi connectivity index (χ0n) is 11.2. The summed E-state index contributed by atoms with van der Waals surface area (Å²) in [6.45, 7) is 4.76. The van der Waals surface area contributed by atoms with Crippen LogP contribution < -0.4 is 9.80 Å². The van der Waals surface area contributed by atoms with Crippen LogP contribution >= 0.6 is 0 Å². The first-order chi connectivity index (χ1) is 9.16. The van der Waals surface area contributed by atoms with E-state index in [-0.39, 0.29) is 11.7 Å². The predicted octanol–water partition coefficient (Wildman–Crippen LogP) is 0.551. The van der Waals surface area contributed by atoms with Gasteiger partial charge in [-0.3, -0.25) is 14.5 Å². The molecule has 3 rings (SSSR count). The number of fused-ring (bicyclic) bond motifs is 1. The monoisotopic (exact) mass is 259 g/mol. The van der Waals surface area contributed by atoms with E-state index in [1.807, 2.05) is 25.1 Å². The van der Waals surface area contributed by atoms with E-state index < -0.39 is 0 Å². The Morgan fingerprint density at radius 2 is 1.89 bits per heavy atom. The van der Waals surface area contributed by atoms with Crippen molar-refractivity contribution in [3.8, 4) is 0 Å². The number of quaternary nitrogens is 1. The molecule has 1 aromatic rings. The molecule has 1 aromatic carbocycles. The standard InChI is InChI=1S/C15H18N2O2/c1-11-5-6-13-12(9-11)14(18)15(19)17(13)10-16-7-3-2-4-8-16/h5-6,9H,2-4,7-8,10H2,1H3/p+1. The van der Waals surface area contributed by atoms with Crippen molar-refractivity contribution in [3.05, 3.63) is 29.3 Å². The summed E-state index contributed by atoms with van der Waals surface area (Å²) in [6, 6.07) is 5.68. The Labute approximate surface area is 113 Å². The molecule has 4 heteroatoms. The molecule has 2 heterocycles. The van der Waals surface area contributed by atoms with Gasteiger partial charge in [-0.2, -0.15) is 0 Å². The van der Waals surface area contributed by atoms with E-state index in [0.717, 1.165) is 24.3 Å². The smallest absolute Gasteiger partial charge is 0.303 e. The molecule has 0 radical (unpaired) electrons. The maximum absolute atomic E-state index is 12.1. The molecule has 0 saturated carbocycles. The molecule has 2 aliphatic rings. The fourth-order valence-electron chi connectivity index (χ4n) is 3.00. The van der Waals surface area contributed by atoms with Crippen molar-refractivity contribution in [3.63, 3.8) is 0 Å². The minimum absolute atomic E-state index is 0.352. The minimum atomic E-state index is -0.362. The Hall–Kier alpha value is -1.68. The summed E-state index contributed by atoms with van der Waals surface area (Å²) in [7, 11) is 0. The second-order valence-electron chi connectivity index (χ2n) is 5.55. The highest BCUT2D eigenvalue weighted by atomic mass is 16.2. The Balaban J connectivity index is 1.86. The summed E-state index contributed by atoms with van der Waals surface area (Å²) in [5.74, 6) is -0.714. The van der Waals surface area contributed by atoms with Crippen molar-refractivity contribution in [2.24, 2.45) is 0 Å². The zero-order valence-corrected chi connectivity index (χ0v) is 11.2. The zero-order chi connectivity index (χ0) is 13.4. The van der Waals surface area contributed by atoms with Crippen LogP contribution in [0.1, 0.15) is 35.2 Å². The third-order valence-electron chi connectivity index (χ3n) is 4.07. The van der Waals surface area contributed by atoms with Crippen molar-refractivity contribution in [2.75, 3.05) is 24.7 Å². The Kier molecular flexibility index (Phi) is 3.11. The molecule has 2 aliphatic heterocycles. The van der Waals surface area contributed by atoms with E-state index in [2.05, 4.69) is 0 Å². The van der Waals surface area contributed by atoms with Gasteiger partial charge in [0, 0.05) is 0 Å². The second-order valence-corrected chi connectivity index (χ2v) is 5.55. The number of nitrogens with one attached hydrogen (secondary N) is 1. The molecule has 0 spiro atoms. The lowest BCUT2D eigenvalue weighted by molar-refractivity contribution is -0.903. The molecule has 0 atom stereocenters. The van der Waals surface area contributed by atoms with E-state index in [1.165, 1.54) is 24.2 Å². The van der Waals surface area contributed by atoms with Crippen molar-refractivity contribution in [1.82, 2.24) is 0 Å². The van der Waals surface area contributed by atoms with Crippen LogP contribution in [0, 0.1) is 6.92 Å². The molecule has 0 aromatic heterocycles.